The molecule has 0 fully saturated rings. The molecule has 0 heterocycles. The molecule has 0 saturated heterocycles. The summed E-state index contributed by atoms with van der Waals surface area (Å²) >= 11 is 0. The van der Waals surface area contributed by atoms with Crippen molar-refractivity contribution in [2.75, 3.05) is 0 Å². The van der Waals surface area contributed by atoms with Crippen LogP contribution in [0.15, 0.2) is 60.7 Å². The van der Waals surface area contributed by atoms with Gasteiger partial charge in [0.15, 0.2) is 0 Å². The summed E-state index contributed by atoms with van der Waals surface area (Å²) in [7, 11) is 0. The predicted molar refractivity (Wildman–Crippen MR) is 70.2 cm³/mol. The molecule has 3 aromatic rings. The van der Waals surface area contributed by atoms with Crippen LogP contribution in [-0.4, -0.2) is 10.3 Å². The molecule has 3 aromatic carbocycles. The summed E-state index contributed by atoms with van der Waals surface area (Å²) in [4.78, 5) is 8.36. The van der Waals surface area contributed by atoms with Gasteiger partial charge in [-0.05, 0) is 33.7 Å². The molecule has 0 spiro atoms. The SMILES string of the molecule is O=[N+]([O-])O.c1ccc2cc3ccccc3cc2c1. The fraction of sp³-hybridized carbons (Fsp3) is 0. The Morgan fingerprint density at radius 2 is 1.00 bits per heavy atom. The molecule has 0 bridgehead atoms. The Hall–Kier alpha value is -2.62. The van der Waals surface area contributed by atoms with Crippen molar-refractivity contribution in [3.63, 3.8) is 0 Å². The first kappa shape index (κ1) is 11.9. The zero-order valence-electron chi connectivity index (χ0n) is 9.48. The van der Waals surface area contributed by atoms with Crippen LogP contribution in [0.4, 0.5) is 0 Å². The third-order valence-corrected chi connectivity index (χ3v) is 2.61. The molecule has 0 radical (unpaired) electrons. The Labute approximate surface area is 103 Å². The number of fused-ring (bicyclic) bond motifs is 2. The summed E-state index contributed by atoms with van der Waals surface area (Å²) in [6.45, 7) is 0. The highest BCUT2D eigenvalue weighted by Gasteiger charge is 1.95. The van der Waals surface area contributed by atoms with Gasteiger partial charge in [-0.3, -0.25) is 0 Å². The lowest BCUT2D eigenvalue weighted by atomic mass is 10.0. The summed E-state index contributed by atoms with van der Waals surface area (Å²) in [5.74, 6) is 0. The van der Waals surface area contributed by atoms with Gasteiger partial charge in [0.25, 0.3) is 5.09 Å². The van der Waals surface area contributed by atoms with E-state index in [0.717, 1.165) is 0 Å². The van der Waals surface area contributed by atoms with Gasteiger partial charge in [0, 0.05) is 0 Å². The Morgan fingerprint density at radius 1 is 0.778 bits per heavy atom. The third-order valence-electron chi connectivity index (χ3n) is 2.61. The second kappa shape index (κ2) is 5.14. The van der Waals surface area contributed by atoms with E-state index >= 15 is 0 Å². The summed E-state index contributed by atoms with van der Waals surface area (Å²) in [5.41, 5.74) is 0. The number of rotatable bonds is 0. The number of hydrogen-bond acceptors (Lipinski definition) is 2. The van der Waals surface area contributed by atoms with Gasteiger partial charge in [0.2, 0.25) is 0 Å². The average molecular weight is 241 g/mol. The molecule has 0 aromatic heterocycles. The molecule has 0 aliphatic rings. The molecule has 0 aliphatic carbocycles. The van der Waals surface area contributed by atoms with E-state index in [1.165, 1.54) is 21.5 Å². The van der Waals surface area contributed by atoms with Crippen LogP contribution < -0.4 is 0 Å². The van der Waals surface area contributed by atoms with E-state index in [1.807, 2.05) is 0 Å². The van der Waals surface area contributed by atoms with Crippen LogP contribution in [0.2, 0.25) is 0 Å². The monoisotopic (exact) mass is 241 g/mol. The van der Waals surface area contributed by atoms with Gasteiger partial charge < -0.3 is 5.21 Å². The molecule has 0 atom stereocenters. The predicted octanol–water partition coefficient (Wildman–Crippen LogP) is 3.65. The van der Waals surface area contributed by atoms with Crippen molar-refractivity contribution in [2.45, 2.75) is 0 Å². The maximum absolute atomic E-state index is 8.36. The summed E-state index contributed by atoms with van der Waals surface area (Å²) < 4.78 is 0. The molecule has 0 aliphatic heterocycles. The topological polar surface area (TPSA) is 63.4 Å². The van der Waals surface area contributed by atoms with Crippen LogP contribution >= 0.6 is 0 Å². The fourth-order valence-electron chi connectivity index (χ4n) is 1.88. The van der Waals surface area contributed by atoms with Crippen LogP contribution in [0.3, 0.4) is 0 Å². The summed E-state index contributed by atoms with van der Waals surface area (Å²) in [5, 5.41) is 18.9. The number of hydrogen-bond donors (Lipinski definition) is 1. The molecule has 0 unspecified atom stereocenters. The first-order chi connectivity index (χ1) is 8.66. The smallest absolute Gasteiger partial charge is 0.291 e. The Balaban J connectivity index is 0.000000267. The summed E-state index contributed by atoms with van der Waals surface area (Å²) in [6, 6.07) is 21.4. The Bertz CT molecular complexity index is 586. The quantitative estimate of drug-likeness (QED) is 0.371. The van der Waals surface area contributed by atoms with Gasteiger partial charge in [-0.15, -0.1) is 10.1 Å². The van der Waals surface area contributed by atoms with Crippen molar-refractivity contribution in [3.8, 4) is 0 Å². The van der Waals surface area contributed by atoms with E-state index in [9.17, 15) is 0 Å². The highest BCUT2D eigenvalue weighted by molar-refractivity contribution is 5.98. The van der Waals surface area contributed by atoms with Crippen molar-refractivity contribution in [3.05, 3.63) is 70.8 Å². The molecule has 4 heteroatoms. The molecule has 0 amide bonds. The molecule has 90 valence electrons. The van der Waals surface area contributed by atoms with E-state index in [2.05, 4.69) is 60.7 Å². The number of nitrogens with zero attached hydrogens (tertiary/aromatic N) is 1. The van der Waals surface area contributed by atoms with Crippen molar-refractivity contribution in [2.24, 2.45) is 0 Å². The lowest BCUT2D eigenvalue weighted by molar-refractivity contribution is -0.742. The largest absolute Gasteiger partial charge is 0.328 e. The first-order valence-electron chi connectivity index (χ1n) is 5.37. The fourth-order valence-corrected chi connectivity index (χ4v) is 1.88. The van der Waals surface area contributed by atoms with Gasteiger partial charge in [-0.25, -0.2) is 0 Å². The number of benzene rings is 3. The van der Waals surface area contributed by atoms with Gasteiger partial charge in [-0.2, -0.15) is 0 Å². The maximum atomic E-state index is 8.36. The lowest BCUT2D eigenvalue weighted by Crippen LogP contribution is -1.81. The third kappa shape index (κ3) is 2.74. The molecular weight excluding hydrogens is 230 g/mol. The van der Waals surface area contributed by atoms with Gasteiger partial charge in [-0.1, -0.05) is 48.5 Å². The van der Waals surface area contributed by atoms with E-state index < -0.39 is 5.09 Å². The van der Waals surface area contributed by atoms with E-state index in [1.54, 1.807) is 0 Å². The Morgan fingerprint density at radius 3 is 1.22 bits per heavy atom. The molecule has 1 N–H and O–H groups in total. The minimum absolute atomic E-state index is 1.31. The second-order valence-electron chi connectivity index (χ2n) is 3.78. The van der Waals surface area contributed by atoms with Crippen molar-refractivity contribution >= 4 is 21.5 Å². The van der Waals surface area contributed by atoms with Crippen molar-refractivity contribution in [1.82, 2.24) is 0 Å². The average Bonchev–Trinajstić information content (AvgIpc) is 2.35. The zero-order chi connectivity index (χ0) is 13.0. The van der Waals surface area contributed by atoms with Crippen LogP contribution in [0.1, 0.15) is 0 Å². The van der Waals surface area contributed by atoms with Crippen molar-refractivity contribution in [1.29, 1.82) is 0 Å². The molecule has 3 rings (SSSR count). The van der Waals surface area contributed by atoms with Crippen LogP contribution in [-0.2, 0) is 0 Å². The van der Waals surface area contributed by atoms with Crippen LogP contribution in [0, 0.1) is 10.1 Å². The van der Waals surface area contributed by atoms with Crippen molar-refractivity contribution < 1.29 is 10.3 Å². The van der Waals surface area contributed by atoms with Gasteiger partial charge in [0.1, 0.15) is 0 Å². The zero-order valence-corrected chi connectivity index (χ0v) is 9.48. The van der Waals surface area contributed by atoms with E-state index in [0.29, 0.717) is 0 Å². The maximum Gasteiger partial charge on any atom is 0.291 e. The normalized spacial score (nSPS) is 9.78. The molecular formula is C14H11NO3. The minimum atomic E-state index is -1.50. The second-order valence-corrected chi connectivity index (χ2v) is 3.78. The highest BCUT2D eigenvalue weighted by atomic mass is 16.9. The molecule has 4 nitrogen and oxygen atoms in total. The standard InChI is InChI=1S/C14H10.HNO3/c1-2-6-12-10-14-8-4-3-7-13(14)9-11(12)5-1;2-1(3)4/h1-10H;(H,2,3,4). The first-order valence-corrected chi connectivity index (χ1v) is 5.37. The van der Waals surface area contributed by atoms with Crippen LogP contribution in [0.5, 0.6) is 0 Å². The molecule has 18 heavy (non-hydrogen) atoms. The van der Waals surface area contributed by atoms with E-state index in [4.69, 9.17) is 15.3 Å². The highest BCUT2D eigenvalue weighted by Crippen LogP contribution is 2.21. The van der Waals surface area contributed by atoms with E-state index in [-0.39, 0.29) is 0 Å². The van der Waals surface area contributed by atoms with Gasteiger partial charge >= 0.3 is 0 Å². The van der Waals surface area contributed by atoms with Crippen LogP contribution in [0.25, 0.3) is 21.5 Å². The molecule has 0 saturated carbocycles. The Kier molecular flexibility index (Phi) is 3.38. The lowest BCUT2D eigenvalue weighted by Gasteiger charge is -2.00. The van der Waals surface area contributed by atoms with Gasteiger partial charge in [0.05, 0.1) is 0 Å². The summed E-state index contributed by atoms with van der Waals surface area (Å²) in [6.07, 6.45) is 0. The minimum Gasteiger partial charge on any atom is -0.328 e.